The molecule has 132 valence electrons. The van der Waals surface area contributed by atoms with Crippen LogP contribution >= 0.6 is 0 Å². The summed E-state index contributed by atoms with van der Waals surface area (Å²) in [6, 6.07) is 0. The van der Waals surface area contributed by atoms with Crippen LogP contribution in [0.4, 0.5) is 0 Å². The van der Waals surface area contributed by atoms with E-state index in [9.17, 15) is 18.0 Å². The molecule has 0 radical (unpaired) electrons. The van der Waals surface area contributed by atoms with Crippen LogP contribution in [0.3, 0.4) is 0 Å². The number of hydrogen-bond donors (Lipinski definition) is 0. The quantitative estimate of drug-likeness (QED) is 0.533. The van der Waals surface area contributed by atoms with Gasteiger partial charge in [0.1, 0.15) is 0 Å². The molecule has 23 heavy (non-hydrogen) atoms. The monoisotopic (exact) mass is 364 g/mol. The molecule has 4 unspecified atom stereocenters. The lowest BCUT2D eigenvalue weighted by molar-refractivity contribution is -0.142. The second-order valence-corrected chi connectivity index (χ2v) is 9.33. The summed E-state index contributed by atoms with van der Waals surface area (Å²) < 4.78 is 33.5. The zero-order chi connectivity index (χ0) is 16.7. The molecule has 0 N–H and O–H groups in total. The molecule has 0 spiro atoms. The maximum absolute atomic E-state index is 11.9. The fourth-order valence-electron chi connectivity index (χ4n) is 2.73. The fraction of sp³-hybridized carbons (Fsp3) is 0.867. The lowest BCUT2D eigenvalue weighted by atomic mass is 10.1. The van der Waals surface area contributed by atoms with Crippen molar-refractivity contribution in [1.82, 2.24) is 0 Å². The zero-order valence-corrected chi connectivity index (χ0v) is 14.8. The molecule has 2 heterocycles. The molecule has 0 bridgehead atoms. The number of esters is 2. The first-order chi connectivity index (χ1) is 11.1. The summed E-state index contributed by atoms with van der Waals surface area (Å²) in [5, 5.41) is 0. The topological polar surface area (TPSA) is 86.7 Å². The average Bonchev–Trinajstić information content (AvgIpc) is 3.11. The van der Waals surface area contributed by atoms with Crippen molar-refractivity contribution in [2.45, 2.75) is 32.1 Å². The highest BCUT2D eigenvalue weighted by atomic mass is 32.2. The Morgan fingerprint density at radius 1 is 0.783 bits per heavy atom. The average molecular weight is 364 g/mol. The molecule has 2 fully saturated rings. The van der Waals surface area contributed by atoms with Gasteiger partial charge >= 0.3 is 11.9 Å². The van der Waals surface area contributed by atoms with Gasteiger partial charge in [-0.05, 0) is 32.1 Å². The van der Waals surface area contributed by atoms with E-state index >= 15 is 0 Å². The lowest BCUT2D eigenvalue weighted by Gasteiger charge is -2.07. The Labute approximate surface area is 141 Å². The molecule has 0 saturated carbocycles. The standard InChI is InChI=1S/C15H24O6S2/c16-14-12(2-6-20-14)4-10-22(18)8-1-9-23(19)11-5-13-3-7-21-15(13)17/h12-13H,1-11H2. The third kappa shape index (κ3) is 6.33. The summed E-state index contributed by atoms with van der Waals surface area (Å²) in [6.07, 6.45) is 3.31. The molecule has 0 aromatic rings. The van der Waals surface area contributed by atoms with E-state index in [-0.39, 0.29) is 23.8 Å². The van der Waals surface area contributed by atoms with E-state index in [0.717, 1.165) is 12.8 Å². The van der Waals surface area contributed by atoms with Gasteiger partial charge in [0.05, 0.1) is 25.0 Å². The number of cyclic esters (lactones) is 2. The van der Waals surface area contributed by atoms with Crippen molar-refractivity contribution in [2.75, 3.05) is 36.2 Å². The first-order valence-corrected chi connectivity index (χ1v) is 11.1. The van der Waals surface area contributed by atoms with Gasteiger partial charge in [0.15, 0.2) is 0 Å². The van der Waals surface area contributed by atoms with Crippen molar-refractivity contribution in [3.63, 3.8) is 0 Å². The SMILES string of the molecule is O=C1OCCC1CCS(=O)CCCS(=O)CCC1CCOC1=O. The summed E-state index contributed by atoms with van der Waals surface area (Å²) in [6.45, 7) is 0.952. The van der Waals surface area contributed by atoms with Gasteiger partial charge in [0.25, 0.3) is 0 Å². The van der Waals surface area contributed by atoms with E-state index in [1.165, 1.54) is 0 Å². The van der Waals surface area contributed by atoms with Gasteiger partial charge in [0, 0.05) is 44.6 Å². The molecular weight excluding hydrogens is 340 g/mol. The third-order valence-corrected chi connectivity index (χ3v) is 7.09. The largest absolute Gasteiger partial charge is 0.465 e. The minimum Gasteiger partial charge on any atom is -0.465 e. The van der Waals surface area contributed by atoms with Crippen LogP contribution in [-0.4, -0.2) is 56.6 Å². The normalized spacial score (nSPS) is 26.8. The molecule has 2 aliphatic heterocycles. The smallest absolute Gasteiger partial charge is 0.309 e. The van der Waals surface area contributed by atoms with Gasteiger partial charge in [-0.2, -0.15) is 0 Å². The van der Waals surface area contributed by atoms with Crippen LogP contribution < -0.4 is 0 Å². The minimum atomic E-state index is -0.975. The molecule has 2 saturated heterocycles. The van der Waals surface area contributed by atoms with Gasteiger partial charge in [-0.25, -0.2) is 0 Å². The van der Waals surface area contributed by atoms with E-state index in [1.807, 2.05) is 0 Å². The molecule has 2 rings (SSSR count). The van der Waals surface area contributed by atoms with Crippen molar-refractivity contribution in [3.05, 3.63) is 0 Å². The highest BCUT2D eigenvalue weighted by molar-refractivity contribution is 7.85. The highest BCUT2D eigenvalue weighted by Crippen LogP contribution is 2.19. The molecular formula is C15H24O6S2. The van der Waals surface area contributed by atoms with Crippen LogP contribution in [0.15, 0.2) is 0 Å². The third-order valence-electron chi connectivity index (χ3n) is 4.22. The zero-order valence-electron chi connectivity index (χ0n) is 13.2. The van der Waals surface area contributed by atoms with Gasteiger partial charge in [-0.3, -0.25) is 18.0 Å². The number of hydrogen-bond acceptors (Lipinski definition) is 6. The number of ether oxygens (including phenoxy) is 2. The Balaban J connectivity index is 1.51. The Morgan fingerprint density at radius 2 is 1.22 bits per heavy atom. The second kappa shape index (κ2) is 9.52. The van der Waals surface area contributed by atoms with E-state index in [0.29, 0.717) is 55.5 Å². The molecule has 4 atom stereocenters. The molecule has 0 amide bonds. The predicted molar refractivity (Wildman–Crippen MR) is 87.7 cm³/mol. The Hall–Kier alpha value is -0.760. The van der Waals surface area contributed by atoms with Crippen LogP contribution in [-0.2, 0) is 40.7 Å². The first-order valence-electron chi connectivity index (χ1n) is 8.09. The number of carbonyl (C=O) groups is 2. The molecule has 0 aliphatic carbocycles. The summed E-state index contributed by atoms with van der Waals surface area (Å²) in [5.74, 6) is 1.49. The molecule has 2 aliphatic rings. The highest BCUT2D eigenvalue weighted by Gasteiger charge is 2.27. The van der Waals surface area contributed by atoms with E-state index in [2.05, 4.69) is 0 Å². The van der Waals surface area contributed by atoms with Crippen molar-refractivity contribution in [2.24, 2.45) is 11.8 Å². The maximum Gasteiger partial charge on any atom is 0.309 e. The predicted octanol–water partition coefficient (Wildman–Crippen LogP) is 0.780. The van der Waals surface area contributed by atoms with Gasteiger partial charge in [0.2, 0.25) is 0 Å². The Morgan fingerprint density at radius 3 is 1.57 bits per heavy atom. The van der Waals surface area contributed by atoms with E-state index in [1.54, 1.807) is 0 Å². The summed E-state index contributed by atoms with van der Waals surface area (Å²) in [5.41, 5.74) is 0. The van der Waals surface area contributed by atoms with Crippen molar-refractivity contribution < 1.29 is 27.5 Å². The van der Waals surface area contributed by atoms with E-state index in [4.69, 9.17) is 9.47 Å². The van der Waals surface area contributed by atoms with Crippen LogP contribution in [0.5, 0.6) is 0 Å². The van der Waals surface area contributed by atoms with Crippen LogP contribution in [0, 0.1) is 11.8 Å². The van der Waals surface area contributed by atoms with Crippen molar-refractivity contribution in [3.8, 4) is 0 Å². The van der Waals surface area contributed by atoms with Crippen LogP contribution in [0.1, 0.15) is 32.1 Å². The summed E-state index contributed by atoms with van der Waals surface area (Å²) in [4.78, 5) is 22.6. The maximum atomic E-state index is 11.9. The second-order valence-electron chi connectivity index (χ2n) is 5.93. The van der Waals surface area contributed by atoms with Crippen LogP contribution in [0.2, 0.25) is 0 Å². The molecule has 0 aromatic carbocycles. The van der Waals surface area contributed by atoms with Crippen molar-refractivity contribution >= 4 is 33.5 Å². The Bertz CT molecular complexity index is 437. The minimum absolute atomic E-state index is 0.0979. The summed E-state index contributed by atoms with van der Waals surface area (Å²) in [7, 11) is -1.95. The van der Waals surface area contributed by atoms with Crippen molar-refractivity contribution in [1.29, 1.82) is 0 Å². The fourth-order valence-corrected chi connectivity index (χ4v) is 5.35. The number of rotatable bonds is 10. The Kier molecular flexibility index (Phi) is 7.69. The number of carbonyl (C=O) groups excluding carboxylic acids is 2. The van der Waals surface area contributed by atoms with Crippen LogP contribution in [0.25, 0.3) is 0 Å². The van der Waals surface area contributed by atoms with Gasteiger partial charge in [-0.15, -0.1) is 0 Å². The molecule has 6 nitrogen and oxygen atoms in total. The summed E-state index contributed by atoms with van der Waals surface area (Å²) >= 11 is 0. The van der Waals surface area contributed by atoms with E-state index < -0.39 is 21.6 Å². The van der Waals surface area contributed by atoms with Gasteiger partial charge < -0.3 is 9.47 Å². The lowest BCUT2D eigenvalue weighted by Crippen LogP contribution is -2.15. The van der Waals surface area contributed by atoms with Gasteiger partial charge in [-0.1, -0.05) is 0 Å². The first kappa shape index (κ1) is 18.6. The molecule has 0 aromatic heterocycles. The molecule has 8 heteroatoms.